The molecule has 2 aliphatic rings. The van der Waals surface area contributed by atoms with Crippen LogP contribution in [0.1, 0.15) is 30.4 Å². The summed E-state index contributed by atoms with van der Waals surface area (Å²) in [6.07, 6.45) is 7.51. The van der Waals surface area contributed by atoms with Crippen molar-refractivity contribution in [2.75, 3.05) is 18.0 Å². The molecule has 0 bridgehead atoms. The fraction of sp³-hybridized carbons (Fsp3) is 0.348. The first-order valence-electron chi connectivity index (χ1n) is 10.3. The monoisotopic (exact) mass is 405 g/mol. The van der Waals surface area contributed by atoms with Gasteiger partial charge in [0.25, 0.3) is 0 Å². The maximum atomic E-state index is 13.2. The molecule has 2 aromatic heterocycles. The number of fused-ring (bicyclic) bond motifs is 2. The van der Waals surface area contributed by atoms with E-state index in [-0.39, 0.29) is 17.3 Å². The maximum Gasteiger partial charge on any atom is 0.230 e. The van der Waals surface area contributed by atoms with Crippen LogP contribution in [0.4, 0.5) is 10.2 Å². The van der Waals surface area contributed by atoms with Gasteiger partial charge in [0.05, 0.1) is 24.7 Å². The van der Waals surface area contributed by atoms with E-state index in [0.717, 1.165) is 49.4 Å². The van der Waals surface area contributed by atoms with Crippen LogP contribution < -0.4 is 4.90 Å². The van der Waals surface area contributed by atoms with Gasteiger partial charge < -0.3 is 0 Å². The quantitative estimate of drug-likeness (QED) is 0.668. The molecule has 5 rings (SSSR count). The molecule has 1 saturated heterocycles. The first-order chi connectivity index (χ1) is 14.6. The van der Waals surface area contributed by atoms with E-state index in [9.17, 15) is 9.18 Å². The number of halogens is 1. The zero-order chi connectivity index (χ0) is 20.6. The standard InChI is InChI=1S/C23H24FN5O/c24-20-3-1-18(2-4-20)16-27-13-8-23(9-14-27)15-22(30)28(21-7-12-26-29(21)23)17-19-5-10-25-11-6-19/h1-7,10-12H,8-9,13-17H2. The lowest BCUT2D eigenvalue weighted by atomic mass is 9.82. The van der Waals surface area contributed by atoms with Crippen molar-refractivity contribution in [3.63, 3.8) is 0 Å². The lowest BCUT2D eigenvalue weighted by Crippen LogP contribution is -2.53. The van der Waals surface area contributed by atoms with Crippen molar-refractivity contribution in [3.8, 4) is 0 Å². The fourth-order valence-electron chi connectivity index (χ4n) is 4.65. The zero-order valence-electron chi connectivity index (χ0n) is 16.7. The van der Waals surface area contributed by atoms with E-state index >= 15 is 0 Å². The SMILES string of the molecule is O=C1CC2(CCN(Cc3ccc(F)cc3)CC2)n2nccc2N1Cc1ccncc1. The van der Waals surface area contributed by atoms with Crippen molar-refractivity contribution in [1.82, 2.24) is 19.7 Å². The van der Waals surface area contributed by atoms with Crippen LogP contribution in [0.15, 0.2) is 61.1 Å². The molecular formula is C23H24FN5O. The number of benzene rings is 1. The third kappa shape index (κ3) is 3.50. The number of hydrogen-bond donors (Lipinski definition) is 0. The normalized spacial score (nSPS) is 18.6. The minimum Gasteiger partial charge on any atom is -0.299 e. The summed E-state index contributed by atoms with van der Waals surface area (Å²) < 4.78 is 15.2. The van der Waals surface area contributed by atoms with Crippen LogP contribution in [0.25, 0.3) is 0 Å². The van der Waals surface area contributed by atoms with Crippen molar-refractivity contribution in [2.24, 2.45) is 0 Å². The van der Waals surface area contributed by atoms with Crippen LogP contribution in [-0.2, 0) is 23.4 Å². The molecule has 0 saturated carbocycles. The van der Waals surface area contributed by atoms with Gasteiger partial charge in [0.2, 0.25) is 5.91 Å². The number of carbonyl (C=O) groups is 1. The molecule has 1 spiro atoms. The Bertz CT molecular complexity index is 1030. The minimum absolute atomic E-state index is 0.145. The second-order valence-corrected chi connectivity index (χ2v) is 8.24. The Labute approximate surface area is 174 Å². The van der Waals surface area contributed by atoms with E-state index in [1.165, 1.54) is 12.1 Å². The fourth-order valence-corrected chi connectivity index (χ4v) is 4.65. The highest BCUT2D eigenvalue weighted by atomic mass is 19.1. The lowest BCUT2D eigenvalue weighted by molar-refractivity contribution is -0.123. The summed E-state index contributed by atoms with van der Waals surface area (Å²) >= 11 is 0. The van der Waals surface area contributed by atoms with Gasteiger partial charge >= 0.3 is 0 Å². The van der Waals surface area contributed by atoms with Gasteiger partial charge in [0, 0.05) is 38.1 Å². The summed E-state index contributed by atoms with van der Waals surface area (Å²) in [5.74, 6) is 0.807. The molecule has 2 aliphatic heterocycles. The Morgan fingerprint density at radius 3 is 2.33 bits per heavy atom. The van der Waals surface area contributed by atoms with E-state index < -0.39 is 0 Å². The average Bonchev–Trinajstić information content (AvgIpc) is 3.26. The Hall–Kier alpha value is -3.06. The van der Waals surface area contributed by atoms with Crippen LogP contribution >= 0.6 is 0 Å². The predicted octanol–water partition coefficient (Wildman–Crippen LogP) is 3.35. The first-order valence-corrected chi connectivity index (χ1v) is 10.3. The van der Waals surface area contributed by atoms with Crippen molar-refractivity contribution in [2.45, 2.75) is 37.9 Å². The number of rotatable bonds is 4. The molecule has 1 amide bonds. The third-order valence-corrected chi connectivity index (χ3v) is 6.33. The largest absolute Gasteiger partial charge is 0.299 e. The molecule has 1 aromatic carbocycles. The van der Waals surface area contributed by atoms with E-state index in [1.807, 2.05) is 35.2 Å². The number of amides is 1. The molecule has 4 heterocycles. The summed E-state index contributed by atoms with van der Waals surface area (Å²) in [6, 6.07) is 12.5. The Balaban J connectivity index is 1.32. The number of carbonyl (C=O) groups excluding carboxylic acids is 1. The van der Waals surface area contributed by atoms with E-state index in [4.69, 9.17) is 0 Å². The first kappa shape index (κ1) is 18.9. The molecule has 154 valence electrons. The average molecular weight is 405 g/mol. The van der Waals surface area contributed by atoms with E-state index in [0.29, 0.717) is 13.0 Å². The highest BCUT2D eigenvalue weighted by Crippen LogP contribution is 2.41. The number of hydrogen-bond acceptors (Lipinski definition) is 4. The highest BCUT2D eigenvalue weighted by Gasteiger charge is 2.45. The number of piperidine rings is 1. The lowest BCUT2D eigenvalue weighted by Gasteiger charge is -2.46. The summed E-state index contributed by atoms with van der Waals surface area (Å²) in [6.45, 7) is 3.09. The molecule has 3 aromatic rings. The van der Waals surface area contributed by atoms with Crippen molar-refractivity contribution >= 4 is 11.7 Å². The van der Waals surface area contributed by atoms with Crippen molar-refractivity contribution in [1.29, 1.82) is 0 Å². The van der Waals surface area contributed by atoms with Crippen molar-refractivity contribution in [3.05, 3.63) is 78.0 Å². The zero-order valence-corrected chi connectivity index (χ0v) is 16.7. The molecule has 0 aliphatic carbocycles. The summed E-state index contributed by atoms with van der Waals surface area (Å²) in [5.41, 5.74) is 1.90. The Morgan fingerprint density at radius 2 is 1.60 bits per heavy atom. The maximum absolute atomic E-state index is 13.2. The second-order valence-electron chi connectivity index (χ2n) is 8.24. The summed E-state index contributed by atoms with van der Waals surface area (Å²) in [4.78, 5) is 21.4. The van der Waals surface area contributed by atoms with Gasteiger partial charge in [0.15, 0.2) is 0 Å². The number of anilines is 1. The van der Waals surface area contributed by atoms with Gasteiger partial charge in [-0.2, -0.15) is 5.10 Å². The topological polar surface area (TPSA) is 54.3 Å². The molecule has 0 N–H and O–H groups in total. The van der Waals surface area contributed by atoms with Gasteiger partial charge in [-0.1, -0.05) is 12.1 Å². The molecule has 0 radical (unpaired) electrons. The molecule has 0 atom stereocenters. The molecule has 0 unspecified atom stereocenters. The number of nitrogens with zero attached hydrogens (tertiary/aromatic N) is 5. The number of pyridine rings is 1. The molecule has 7 heteroatoms. The van der Waals surface area contributed by atoms with E-state index in [1.54, 1.807) is 18.6 Å². The smallest absolute Gasteiger partial charge is 0.230 e. The molecule has 30 heavy (non-hydrogen) atoms. The van der Waals surface area contributed by atoms with Gasteiger partial charge in [-0.05, 0) is 48.2 Å². The molecule has 1 fully saturated rings. The van der Waals surface area contributed by atoms with Crippen LogP contribution in [0.2, 0.25) is 0 Å². The summed E-state index contributed by atoms with van der Waals surface area (Å²) in [5, 5.41) is 4.63. The van der Waals surface area contributed by atoms with Gasteiger partial charge in [-0.15, -0.1) is 0 Å². The van der Waals surface area contributed by atoms with Crippen LogP contribution in [0.3, 0.4) is 0 Å². The van der Waals surface area contributed by atoms with E-state index in [2.05, 4.69) is 19.7 Å². The predicted molar refractivity (Wildman–Crippen MR) is 111 cm³/mol. The summed E-state index contributed by atoms with van der Waals surface area (Å²) in [7, 11) is 0. The van der Waals surface area contributed by atoms with Crippen LogP contribution in [0, 0.1) is 5.82 Å². The van der Waals surface area contributed by atoms with Crippen molar-refractivity contribution < 1.29 is 9.18 Å². The van der Waals surface area contributed by atoms with Gasteiger partial charge in [0.1, 0.15) is 11.6 Å². The van der Waals surface area contributed by atoms with Crippen LogP contribution in [0.5, 0.6) is 0 Å². The minimum atomic E-state index is -0.260. The number of aromatic nitrogens is 3. The number of likely N-dealkylation sites (tertiary alicyclic amines) is 1. The molecular weight excluding hydrogens is 381 g/mol. The van der Waals surface area contributed by atoms with Gasteiger partial charge in [-0.3, -0.25) is 19.6 Å². The molecule has 6 nitrogen and oxygen atoms in total. The highest BCUT2D eigenvalue weighted by molar-refractivity contribution is 5.94. The Kier molecular flexibility index (Phi) is 4.83. The third-order valence-electron chi connectivity index (χ3n) is 6.33. The van der Waals surface area contributed by atoms with Crippen LogP contribution in [-0.4, -0.2) is 38.7 Å². The van der Waals surface area contributed by atoms with Gasteiger partial charge in [-0.25, -0.2) is 9.07 Å². The second kappa shape index (κ2) is 7.65. The Morgan fingerprint density at radius 1 is 0.900 bits per heavy atom.